The van der Waals surface area contributed by atoms with Gasteiger partial charge in [-0.25, -0.2) is 0 Å². The fourth-order valence-corrected chi connectivity index (χ4v) is 1.46. The van der Waals surface area contributed by atoms with Crippen molar-refractivity contribution in [3.05, 3.63) is 0 Å². The zero-order chi connectivity index (χ0) is 13.0. The summed E-state index contributed by atoms with van der Waals surface area (Å²) in [4.78, 5) is 0. The van der Waals surface area contributed by atoms with Crippen LogP contribution in [0.3, 0.4) is 0 Å². The Balaban J connectivity index is 2.53. The molecule has 1 rings (SSSR count). The number of aliphatic hydroxyl groups is 6. The Morgan fingerprint density at radius 2 is 1.71 bits per heavy atom. The summed E-state index contributed by atoms with van der Waals surface area (Å²) in [5, 5.41) is 54.9. The number of hydrogen-bond donors (Lipinski definition) is 6. The van der Waals surface area contributed by atoms with Crippen LogP contribution in [0.1, 0.15) is 0 Å². The minimum absolute atomic E-state index is 0.306. The fraction of sp³-hybridized carbons (Fsp3) is 1.00. The predicted molar refractivity (Wildman–Crippen MR) is 52.8 cm³/mol. The lowest BCUT2D eigenvalue weighted by Gasteiger charge is -2.39. The molecule has 0 unspecified atom stereocenters. The fourth-order valence-electron chi connectivity index (χ4n) is 1.46. The van der Waals surface area contributed by atoms with Gasteiger partial charge in [0.25, 0.3) is 0 Å². The molecule has 0 saturated carbocycles. The van der Waals surface area contributed by atoms with Gasteiger partial charge < -0.3 is 40.1 Å². The van der Waals surface area contributed by atoms with Gasteiger partial charge in [0.2, 0.25) is 0 Å². The smallest absolute Gasteiger partial charge is 0.186 e. The largest absolute Gasteiger partial charge is 0.394 e. The number of hydrogen-bond acceptors (Lipinski definition) is 8. The van der Waals surface area contributed by atoms with Gasteiger partial charge in [-0.3, -0.25) is 0 Å². The van der Waals surface area contributed by atoms with Crippen LogP contribution in [0.15, 0.2) is 0 Å². The molecule has 0 spiro atoms. The summed E-state index contributed by atoms with van der Waals surface area (Å²) >= 11 is 0. The minimum Gasteiger partial charge on any atom is -0.394 e. The first-order valence-corrected chi connectivity index (χ1v) is 5.22. The van der Waals surface area contributed by atoms with Crippen LogP contribution in [-0.2, 0) is 9.47 Å². The van der Waals surface area contributed by atoms with Crippen molar-refractivity contribution in [1.82, 2.24) is 0 Å². The monoisotopic (exact) mass is 254 g/mol. The van der Waals surface area contributed by atoms with E-state index in [1.165, 1.54) is 0 Å². The molecular weight excluding hydrogens is 236 g/mol. The summed E-state index contributed by atoms with van der Waals surface area (Å²) in [5.41, 5.74) is 0. The predicted octanol–water partition coefficient (Wildman–Crippen LogP) is -3.84. The third kappa shape index (κ3) is 3.57. The zero-order valence-corrected chi connectivity index (χ0v) is 9.09. The van der Waals surface area contributed by atoms with Crippen LogP contribution < -0.4 is 0 Å². The molecule has 1 heterocycles. The molecule has 0 amide bonds. The third-order valence-electron chi connectivity index (χ3n) is 2.51. The van der Waals surface area contributed by atoms with Gasteiger partial charge in [0.05, 0.1) is 19.8 Å². The molecule has 8 nitrogen and oxygen atoms in total. The van der Waals surface area contributed by atoms with E-state index in [1.807, 2.05) is 0 Å². The highest BCUT2D eigenvalue weighted by molar-refractivity contribution is 4.88. The van der Waals surface area contributed by atoms with Gasteiger partial charge in [-0.05, 0) is 0 Å². The van der Waals surface area contributed by atoms with Gasteiger partial charge in [-0.2, -0.15) is 0 Å². The van der Waals surface area contributed by atoms with E-state index in [4.69, 9.17) is 24.8 Å². The number of aliphatic hydroxyl groups excluding tert-OH is 6. The number of rotatable bonds is 5. The van der Waals surface area contributed by atoms with Crippen molar-refractivity contribution >= 4 is 0 Å². The molecule has 1 saturated heterocycles. The number of ether oxygens (including phenoxy) is 2. The molecule has 17 heavy (non-hydrogen) atoms. The van der Waals surface area contributed by atoms with Gasteiger partial charge in [0.15, 0.2) is 6.29 Å². The second kappa shape index (κ2) is 6.57. The van der Waals surface area contributed by atoms with E-state index in [2.05, 4.69) is 0 Å². The molecule has 0 aromatic heterocycles. The van der Waals surface area contributed by atoms with Crippen LogP contribution in [0.2, 0.25) is 0 Å². The second-order valence-corrected chi connectivity index (χ2v) is 3.87. The quantitative estimate of drug-likeness (QED) is 0.293. The molecule has 6 N–H and O–H groups in total. The Morgan fingerprint density at radius 1 is 1.06 bits per heavy atom. The van der Waals surface area contributed by atoms with E-state index in [9.17, 15) is 15.3 Å². The van der Waals surface area contributed by atoms with Crippen LogP contribution in [0.4, 0.5) is 0 Å². The Kier molecular flexibility index (Phi) is 5.70. The Bertz CT molecular complexity index is 223. The average Bonchev–Trinajstić information content (AvgIpc) is 2.34. The van der Waals surface area contributed by atoms with E-state index in [1.54, 1.807) is 0 Å². The zero-order valence-electron chi connectivity index (χ0n) is 9.09. The first-order valence-electron chi connectivity index (χ1n) is 5.22. The van der Waals surface area contributed by atoms with E-state index in [0.717, 1.165) is 0 Å². The van der Waals surface area contributed by atoms with Gasteiger partial charge in [0.1, 0.15) is 30.5 Å². The van der Waals surface area contributed by atoms with Crippen LogP contribution >= 0.6 is 0 Å². The van der Waals surface area contributed by atoms with E-state index >= 15 is 0 Å². The summed E-state index contributed by atoms with van der Waals surface area (Å²) in [6.07, 6.45) is -7.94. The highest BCUT2D eigenvalue weighted by Crippen LogP contribution is 2.21. The van der Waals surface area contributed by atoms with E-state index in [0.29, 0.717) is 0 Å². The van der Waals surface area contributed by atoms with Gasteiger partial charge in [-0.1, -0.05) is 0 Å². The molecule has 0 aromatic rings. The normalized spacial score (nSPS) is 40.2. The molecule has 102 valence electrons. The maximum Gasteiger partial charge on any atom is 0.186 e. The maximum absolute atomic E-state index is 9.52. The SMILES string of the molecule is OC[C@H](O)CO[C@H]1O[C@H](CO)[C@H](O)[C@H](O)[C@H]1O. The summed E-state index contributed by atoms with van der Waals surface area (Å²) < 4.78 is 9.93. The molecule has 1 fully saturated rings. The van der Waals surface area contributed by atoms with Crippen LogP contribution in [0, 0.1) is 0 Å². The molecule has 0 bridgehead atoms. The molecule has 0 aliphatic carbocycles. The Hall–Kier alpha value is -0.320. The summed E-state index contributed by atoms with van der Waals surface area (Å²) in [6.45, 7) is -1.37. The van der Waals surface area contributed by atoms with Gasteiger partial charge in [0, 0.05) is 0 Å². The van der Waals surface area contributed by atoms with Crippen molar-refractivity contribution < 1.29 is 40.1 Å². The minimum atomic E-state index is -1.52. The first kappa shape index (κ1) is 14.7. The Morgan fingerprint density at radius 3 is 2.24 bits per heavy atom. The average molecular weight is 254 g/mol. The van der Waals surface area contributed by atoms with Crippen molar-refractivity contribution in [3.63, 3.8) is 0 Å². The topological polar surface area (TPSA) is 140 Å². The second-order valence-electron chi connectivity index (χ2n) is 3.87. The molecule has 6 atom stereocenters. The molecule has 0 aromatic carbocycles. The highest BCUT2D eigenvalue weighted by atomic mass is 16.7. The van der Waals surface area contributed by atoms with Crippen molar-refractivity contribution in [2.24, 2.45) is 0 Å². The van der Waals surface area contributed by atoms with E-state index < -0.39 is 50.0 Å². The molecular formula is C9H18O8. The summed E-state index contributed by atoms with van der Waals surface area (Å²) in [7, 11) is 0. The highest BCUT2D eigenvalue weighted by Gasteiger charge is 2.44. The van der Waals surface area contributed by atoms with Crippen molar-refractivity contribution in [2.45, 2.75) is 36.8 Å². The molecule has 0 radical (unpaired) electrons. The third-order valence-corrected chi connectivity index (χ3v) is 2.51. The first-order chi connectivity index (χ1) is 8.01. The maximum atomic E-state index is 9.52. The lowest BCUT2D eigenvalue weighted by Crippen LogP contribution is -2.59. The van der Waals surface area contributed by atoms with Gasteiger partial charge in [-0.15, -0.1) is 0 Å². The lowest BCUT2D eigenvalue weighted by atomic mass is 9.99. The lowest BCUT2D eigenvalue weighted by molar-refractivity contribution is -0.304. The van der Waals surface area contributed by atoms with E-state index in [-0.39, 0.29) is 6.61 Å². The van der Waals surface area contributed by atoms with Crippen molar-refractivity contribution in [2.75, 3.05) is 19.8 Å². The molecule has 8 heteroatoms. The standard InChI is InChI=1S/C9H18O8/c10-1-4(12)3-16-9-8(15)7(14)6(13)5(2-11)17-9/h4-15H,1-3H2/t4-,5+,6-,7-,8+,9-/m0/s1. The van der Waals surface area contributed by atoms with Crippen LogP contribution in [0.25, 0.3) is 0 Å². The Labute approximate surface area is 97.6 Å². The van der Waals surface area contributed by atoms with Crippen molar-refractivity contribution in [1.29, 1.82) is 0 Å². The summed E-state index contributed by atoms with van der Waals surface area (Å²) in [6, 6.07) is 0. The van der Waals surface area contributed by atoms with Gasteiger partial charge >= 0.3 is 0 Å². The summed E-state index contributed by atoms with van der Waals surface area (Å²) in [5.74, 6) is 0. The molecule has 1 aliphatic heterocycles. The van der Waals surface area contributed by atoms with Crippen molar-refractivity contribution in [3.8, 4) is 0 Å². The molecule has 1 aliphatic rings. The van der Waals surface area contributed by atoms with Crippen LogP contribution in [0.5, 0.6) is 0 Å². The van der Waals surface area contributed by atoms with Crippen LogP contribution in [-0.4, -0.2) is 87.3 Å².